The standard InChI is InChI=1S/C21H19N5O3/c1-13-4-2-3-5-14(13)8-9-22-16-6-7-18-17(10-16)19(27)25-21(24-18)26-12-15(11-23-26)20(28)29/h2-7,10-12,22H,8-9H2,1H3,(H,28,29)(H,24,25,27). The third kappa shape index (κ3) is 3.86. The molecule has 0 aliphatic rings. The number of hydrogen-bond acceptors (Lipinski definition) is 5. The fraction of sp³-hybridized carbons (Fsp3) is 0.143. The summed E-state index contributed by atoms with van der Waals surface area (Å²) >= 11 is 0. The predicted octanol–water partition coefficient (Wildman–Crippen LogP) is 2.77. The first kappa shape index (κ1) is 18.4. The normalized spacial score (nSPS) is 10.9. The zero-order valence-corrected chi connectivity index (χ0v) is 15.7. The van der Waals surface area contributed by atoms with Crippen molar-refractivity contribution in [3.63, 3.8) is 0 Å². The summed E-state index contributed by atoms with van der Waals surface area (Å²) in [4.78, 5) is 30.6. The molecule has 0 bridgehead atoms. The van der Waals surface area contributed by atoms with Crippen LogP contribution in [0.1, 0.15) is 21.5 Å². The lowest BCUT2D eigenvalue weighted by Crippen LogP contribution is -2.14. The Bertz CT molecular complexity index is 1260. The molecule has 2 aromatic heterocycles. The van der Waals surface area contributed by atoms with Gasteiger partial charge in [0.1, 0.15) is 0 Å². The molecule has 29 heavy (non-hydrogen) atoms. The molecule has 0 saturated heterocycles. The number of hydrogen-bond donors (Lipinski definition) is 3. The van der Waals surface area contributed by atoms with E-state index in [1.54, 1.807) is 12.1 Å². The minimum absolute atomic E-state index is 0.0148. The summed E-state index contributed by atoms with van der Waals surface area (Å²) in [5.74, 6) is -0.934. The molecule has 4 aromatic rings. The van der Waals surface area contributed by atoms with E-state index in [0.29, 0.717) is 10.9 Å². The van der Waals surface area contributed by atoms with Gasteiger partial charge in [0.2, 0.25) is 5.95 Å². The SMILES string of the molecule is Cc1ccccc1CCNc1ccc2nc(-n3cc(C(=O)O)cn3)[nH]c(=O)c2c1. The second-order valence-corrected chi connectivity index (χ2v) is 6.70. The fourth-order valence-corrected chi connectivity index (χ4v) is 3.13. The van der Waals surface area contributed by atoms with Gasteiger partial charge in [-0.2, -0.15) is 5.10 Å². The predicted molar refractivity (Wildman–Crippen MR) is 110 cm³/mol. The van der Waals surface area contributed by atoms with E-state index in [0.717, 1.165) is 18.7 Å². The number of carboxylic acid groups (broad SMARTS) is 1. The Morgan fingerprint density at radius 1 is 1.24 bits per heavy atom. The van der Waals surface area contributed by atoms with Crippen LogP contribution in [-0.4, -0.2) is 37.4 Å². The molecule has 0 radical (unpaired) electrons. The molecular formula is C21H19N5O3. The molecule has 8 heteroatoms. The van der Waals surface area contributed by atoms with Crippen molar-refractivity contribution in [2.75, 3.05) is 11.9 Å². The number of nitrogens with one attached hydrogen (secondary N) is 2. The Balaban J connectivity index is 1.55. The Morgan fingerprint density at radius 2 is 2.07 bits per heavy atom. The van der Waals surface area contributed by atoms with Crippen molar-refractivity contribution in [3.05, 3.63) is 81.9 Å². The molecule has 0 atom stereocenters. The first-order valence-electron chi connectivity index (χ1n) is 9.12. The molecule has 2 aromatic carbocycles. The second-order valence-electron chi connectivity index (χ2n) is 6.70. The Morgan fingerprint density at radius 3 is 2.83 bits per heavy atom. The maximum atomic E-state index is 12.5. The summed E-state index contributed by atoms with van der Waals surface area (Å²) in [6.07, 6.45) is 3.38. The number of aromatic nitrogens is 4. The van der Waals surface area contributed by atoms with Crippen LogP contribution in [0.15, 0.2) is 59.7 Å². The first-order valence-corrected chi connectivity index (χ1v) is 9.12. The number of aryl methyl sites for hydroxylation is 1. The number of anilines is 1. The van der Waals surface area contributed by atoms with Crippen molar-refractivity contribution in [3.8, 4) is 5.95 Å². The molecule has 146 valence electrons. The van der Waals surface area contributed by atoms with Gasteiger partial charge in [0, 0.05) is 18.4 Å². The van der Waals surface area contributed by atoms with E-state index in [1.807, 2.05) is 18.2 Å². The van der Waals surface area contributed by atoms with Crippen LogP contribution in [0.5, 0.6) is 0 Å². The molecule has 3 N–H and O–H groups in total. The van der Waals surface area contributed by atoms with E-state index >= 15 is 0 Å². The Labute approximate surface area is 165 Å². The van der Waals surface area contributed by atoms with E-state index in [-0.39, 0.29) is 17.1 Å². The van der Waals surface area contributed by atoms with Gasteiger partial charge in [0.05, 0.1) is 22.7 Å². The van der Waals surface area contributed by atoms with Crippen molar-refractivity contribution >= 4 is 22.6 Å². The van der Waals surface area contributed by atoms with Crippen molar-refractivity contribution in [2.45, 2.75) is 13.3 Å². The highest BCUT2D eigenvalue weighted by molar-refractivity contribution is 5.87. The topological polar surface area (TPSA) is 113 Å². The maximum absolute atomic E-state index is 12.5. The Kier molecular flexibility index (Phi) is 4.82. The van der Waals surface area contributed by atoms with E-state index in [1.165, 1.54) is 28.2 Å². The van der Waals surface area contributed by atoms with Crippen molar-refractivity contribution in [1.82, 2.24) is 19.7 Å². The van der Waals surface area contributed by atoms with E-state index < -0.39 is 5.97 Å². The highest BCUT2D eigenvalue weighted by Crippen LogP contribution is 2.16. The molecule has 0 aliphatic heterocycles. The fourth-order valence-electron chi connectivity index (χ4n) is 3.13. The lowest BCUT2D eigenvalue weighted by molar-refractivity contribution is 0.0697. The maximum Gasteiger partial charge on any atom is 0.338 e. The molecule has 2 heterocycles. The number of aromatic carboxylic acids is 1. The molecule has 0 unspecified atom stereocenters. The summed E-state index contributed by atoms with van der Waals surface area (Å²) in [5, 5.41) is 16.7. The first-order chi connectivity index (χ1) is 14.0. The lowest BCUT2D eigenvalue weighted by atomic mass is 10.1. The molecule has 8 nitrogen and oxygen atoms in total. The van der Waals surface area contributed by atoms with Crippen LogP contribution < -0.4 is 10.9 Å². The quantitative estimate of drug-likeness (QED) is 0.467. The number of carboxylic acids is 1. The van der Waals surface area contributed by atoms with Crippen LogP contribution >= 0.6 is 0 Å². The van der Waals surface area contributed by atoms with Crippen molar-refractivity contribution < 1.29 is 9.90 Å². The van der Waals surface area contributed by atoms with Gasteiger partial charge in [-0.05, 0) is 42.7 Å². The van der Waals surface area contributed by atoms with Crippen LogP contribution in [0.3, 0.4) is 0 Å². The smallest absolute Gasteiger partial charge is 0.338 e. The van der Waals surface area contributed by atoms with Gasteiger partial charge in [0.25, 0.3) is 5.56 Å². The van der Waals surface area contributed by atoms with Crippen molar-refractivity contribution in [1.29, 1.82) is 0 Å². The zero-order chi connectivity index (χ0) is 20.4. The number of benzene rings is 2. The molecule has 0 amide bonds. The van der Waals surface area contributed by atoms with E-state index in [4.69, 9.17) is 5.11 Å². The minimum Gasteiger partial charge on any atom is -0.478 e. The summed E-state index contributed by atoms with van der Waals surface area (Å²) in [7, 11) is 0. The average molecular weight is 389 g/mol. The van der Waals surface area contributed by atoms with Crippen LogP contribution in [0.2, 0.25) is 0 Å². The summed E-state index contributed by atoms with van der Waals surface area (Å²) in [6, 6.07) is 13.6. The van der Waals surface area contributed by atoms with E-state index in [2.05, 4.69) is 39.4 Å². The third-order valence-electron chi connectivity index (χ3n) is 4.72. The van der Waals surface area contributed by atoms with Crippen molar-refractivity contribution in [2.24, 2.45) is 0 Å². The monoisotopic (exact) mass is 389 g/mol. The van der Waals surface area contributed by atoms with Crippen LogP contribution in [0.25, 0.3) is 16.9 Å². The number of H-pyrrole nitrogens is 1. The average Bonchev–Trinajstić information content (AvgIpc) is 3.20. The van der Waals surface area contributed by atoms with Gasteiger partial charge >= 0.3 is 5.97 Å². The minimum atomic E-state index is -1.10. The molecule has 4 rings (SSSR count). The summed E-state index contributed by atoms with van der Waals surface area (Å²) in [6.45, 7) is 2.83. The number of fused-ring (bicyclic) bond motifs is 1. The van der Waals surface area contributed by atoms with Crippen LogP contribution in [0, 0.1) is 6.92 Å². The molecule has 0 aliphatic carbocycles. The molecule has 0 spiro atoms. The number of rotatable bonds is 6. The van der Waals surface area contributed by atoms with Gasteiger partial charge in [-0.3, -0.25) is 9.78 Å². The summed E-state index contributed by atoms with van der Waals surface area (Å²) < 4.78 is 1.23. The lowest BCUT2D eigenvalue weighted by Gasteiger charge is -2.09. The molecule has 0 saturated carbocycles. The number of nitrogens with zero attached hydrogens (tertiary/aromatic N) is 3. The van der Waals surface area contributed by atoms with Crippen LogP contribution in [0.4, 0.5) is 5.69 Å². The Hall–Kier alpha value is -3.94. The molecule has 0 fully saturated rings. The van der Waals surface area contributed by atoms with E-state index in [9.17, 15) is 9.59 Å². The van der Waals surface area contributed by atoms with Crippen LogP contribution in [-0.2, 0) is 6.42 Å². The van der Waals surface area contributed by atoms with Gasteiger partial charge in [0.15, 0.2) is 0 Å². The van der Waals surface area contributed by atoms with Gasteiger partial charge in [-0.15, -0.1) is 0 Å². The van der Waals surface area contributed by atoms with Gasteiger partial charge in [-0.1, -0.05) is 24.3 Å². The number of carbonyl (C=O) groups is 1. The molecular weight excluding hydrogens is 370 g/mol. The van der Waals surface area contributed by atoms with Gasteiger partial charge < -0.3 is 10.4 Å². The highest BCUT2D eigenvalue weighted by Gasteiger charge is 2.11. The zero-order valence-electron chi connectivity index (χ0n) is 15.7. The number of aromatic amines is 1. The summed E-state index contributed by atoms with van der Waals surface area (Å²) in [5.41, 5.74) is 3.57. The second kappa shape index (κ2) is 7.59. The van der Waals surface area contributed by atoms with Gasteiger partial charge in [-0.25, -0.2) is 14.5 Å². The third-order valence-corrected chi connectivity index (χ3v) is 4.72. The highest BCUT2D eigenvalue weighted by atomic mass is 16.4. The largest absolute Gasteiger partial charge is 0.478 e.